The molecule has 1 fully saturated rings. The first-order valence-electron chi connectivity index (χ1n) is 11.9. The molecule has 0 N–H and O–H groups in total. The van der Waals surface area contributed by atoms with Crippen LogP contribution in [0.3, 0.4) is 0 Å². The molecule has 0 aliphatic heterocycles. The summed E-state index contributed by atoms with van der Waals surface area (Å²) in [5.74, 6) is 0.493. The summed E-state index contributed by atoms with van der Waals surface area (Å²) in [4.78, 5) is 12.8. The van der Waals surface area contributed by atoms with E-state index in [1.165, 1.54) is 61.8 Å². The third kappa shape index (κ3) is 6.87. The Morgan fingerprint density at radius 1 is 1.03 bits per heavy atom. The summed E-state index contributed by atoms with van der Waals surface area (Å²) < 4.78 is 11.2. The van der Waals surface area contributed by atoms with Crippen molar-refractivity contribution in [2.45, 2.75) is 83.5 Å². The number of ether oxygens (including phenoxy) is 1. The zero-order valence-corrected chi connectivity index (χ0v) is 22.1. The molecule has 1 aliphatic carbocycles. The van der Waals surface area contributed by atoms with Gasteiger partial charge in [-0.3, -0.25) is 0 Å². The minimum atomic E-state index is -2.25. The van der Waals surface area contributed by atoms with E-state index in [4.69, 9.17) is 4.74 Å². The van der Waals surface area contributed by atoms with Gasteiger partial charge in [-0.1, -0.05) is 0 Å². The van der Waals surface area contributed by atoms with E-state index in [0.29, 0.717) is 5.92 Å². The van der Waals surface area contributed by atoms with Gasteiger partial charge < -0.3 is 0 Å². The zero-order valence-electron chi connectivity index (χ0n) is 19.2. The Hall–Kier alpha value is -0.771. The molecule has 1 saturated carbocycles. The van der Waals surface area contributed by atoms with Crippen molar-refractivity contribution < 1.29 is 9.53 Å². The molecule has 0 bridgehead atoms. The van der Waals surface area contributed by atoms with Gasteiger partial charge in [-0.05, 0) is 0 Å². The van der Waals surface area contributed by atoms with Crippen LogP contribution in [0.25, 0.3) is 6.08 Å². The number of rotatable bonds is 14. The number of hydrogen-bond acceptors (Lipinski definition) is 2. The Kier molecular flexibility index (Phi) is 10.3. The molecule has 0 unspecified atom stereocenters. The topological polar surface area (TPSA) is 26.3 Å². The molecule has 3 heteroatoms. The van der Waals surface area contributed by atoms with Crippen LogP contribution < -0.4 is 0 Å². The van der Waals surface area contributed by atoms with Crippen molar-refractivity contribution in [3.05, 3.63) is 42.0 Å². The monoisotopic (exact) mass is 506 g/mol. The first kappa shape index (κ1) is 24.5. The van der Waals surface area contributed by atoms with Crippen molar-refractivity contribution in [1.82, 2.24) is 0 Å². The van der Waals surface area contributed by atoms with Crippen molar-refractivity contribution in [3.8, 4) is 0 Å². The summed E-state index contributed by atoms with van der Waals surface area (Å²) in [6.07, 6.45) is 13.4. The maximum absolute atomic E-state index is 12.8. The van der Waals surface area contributed by atoms with Gasteiger partial charge in [-0.25, -0.2) is 0 Å². The Bertz CT molecular complexity index is 618. The Morgan fingerprint density at radius 2 is 1.59 bits per heavy atom. The van der Waals surface area contributed by atoms with Gasteiger partial charge in [0.05, 0.1) is 0 Å². The second-order valence-corrected chi connectivity index (χ2v) is 23.2. The number of hydrogen-bond donors (Lipinski definition) is 0. The van der Waals surface area contributed by atoms with E-state index in [2.05, 4.69) is 57.2 Å². The van der Waals surface area contributed by atoms with Gasteiger partial charge in [0.2, 0.25) is 0 Å². The van der Waals surface area contributed by atoms with Crippen molar-refractivity contribution in [3.63, 3.8) is 0 Å². The number of unbranched alkanes of at least 4 members (excludes halogenated alkanes) is 3. The number of carbonyl (C=O) groups excluding carboxylic acids is 1. The van der Waals surface area contributed by atoms with Gasteiger partial charge in [-0.15, -0.1) is 0 Å². The number of carbonyl (C=O) groups is 1. The normalized spacial score (nSPS) is 21.4. The fraction of sp³-hybridized carbons (Fsp3) is 0.654. The van der Waals surface area contributed by atoms with Crippen LogP contribution in [-0.2, 0) is 9.53 Å². The van der Waals surface area contributed by atoms with Crippen molar-refractivity contribution in [2.24, 2.45) is 11.3 Å². The van der Waals surface area contributed by atoms with Crippen LogP contribution in [-0.4, -0.2) is 31.5 Å². The second-order valence-electron chi connectivity index (χ2n) is 9.19. The van der Waals surface area contributed by atoms with E-state index in [0.717, 1.165) is 6.42 Å². The van der Waals surface area contributed by atoms with Crippen LogP contribution >= 0.6 is 0 Å². The van der Waals surface area contributed by atoms with Crippen molar-refractivity contribution in [1.29, 1.82) is 0 Å². The zero-order chi connectivity index (χ0) is 21.2. The second kappa shape index (κ2) is 12.2. The van der Waals surface area contributed by atoms with E-state index in [9.17, 15) is 4.79 Å². The van der Waals surface area contributed by atoms with E-state index >= 15 is 0 Å². The fourth-order valence-corrected chi connectivity index (χ4v) is 22.8. The number of esters is 1. The van der Waals surface area contributed by atoms with E-state index < -0.39 is 18.4 Å². The molecule has 1 aromatic carbocycles. The SMILES string of the molecule is CCC[CH2][Sn]([CH2]CCC)([CH2]CCC)[CH2][C@H]1C[C@]1(/C=C/c1ccccc1)C(=O)OC. The molecule has 2 rings (SSSR count). The molecular formula is C26H42O2Sn. The van der Waals surface area contributed by atoms with Gasteiger partial charge in [0.25, 0.3) is 0 Å². The molecule has 1 aromatic rings. The third-order valence-corrected chi connectivity index (χ3v) is 22.9. The molecule has 0 amide bonds. The van der Waals surface area contributed by atoms with Crippen molar-refractivity contribution in [2.75, 3.05) is 7.11 Å². The molecule has 2 nitrogen and oxygen atoms in total. The number of benzene rings is 1. The molecule has 0 radical (unpaired) electrons. The molecular weight excluding hydrogens is 463 g/mol. The van der Waals surface area contributed by atoms with Crippen LogP contribution in [0, 0.1) is 11.3 Å². The third-order valence-electron chi connectivity index (χ3n) is 6.95. The quantitative estimate of drug-likeness (QED) is 0.191. The molecule has 0 aromatic heterocycles. The predicted molar refractivity (Wildman–Crippen MR) is 128 cm³/mol. The van der Waals surface area contributed by atoms with Gasteiger partial charge in [0, 0.05) is 0 Å². The first-order chi connectivity index (χ1) is 14.1. The molecule has 0 saturated heterocycles. The van der Waals surface area contributed by atoms with Crippen LogP contribution in [0.4, 0.5) is 0 Å². The van der Waals surface area contributed by atoms with E-state index in [1.807, 2.05) is 6.07 Å². The van der Waals surface area contributed by atoms with Crippen LogP contribution in [0.15, 0.2) is 36.4 Å². The minimum absolute atomic E-state index is 0.0173. The van der Waals surface area contributed by atoms with Crippen LogP contribution in [0.2, 0.25) is 17.7 Å². The maximum atomic E-state index is 12.8. The van der Waals surface area contributed by atoms with Gasteiger partial charge in [0.1, 0.15) is 0 Å². The summed E-state index contributed by atoms with van der Waals surface area (Å²) in [5.41, 5.74) is 0.802. The summed E-state index contributed by atoms with van der Waals surface area (Å²) in [5, 5.41) is 0. The summed E-state index contributed by atoms with van der Waals surface area (Å²) in [6, 6.07) is 10.3. The van der Waals surface area contributed by atoms with Crippen molar-refractivity contribution >= 4 is 30.4 Å². The van der Waals surface area contributed by atoms with Gasteiger partial charge in [-0.2, -0.15) is 0 Å². The van der Waals surface area contributed by atoms with E-state index in [1.54, 1.807) is 7.11 Å². The molecule has 0 heterocycles. The summed E-state index contributed by atoms with van der Waals surface area (Å²) in [6.45, 7) is 6.98. The average molecular weight is 505 g/mol. The standard InChI is InChI=1S/C14H15O2.3C4H9.Sn/c1-11-10-14(11,13(15)16-2)9-8-12-6-4-3-5-7-12;3*1-3-4-2;/h3-9,11H,1,10H2,2H3;3*1,3-4H2,2H3;/b9-8+;;;;/t11-,14-;;;;/m0..../s1. The van der Waals surface area contributed by atoms with Gasteiger partial charge >= 0.3 is 184 Å². The molecule has 0 spiro atoms. The molecule has 29 heavy (non-hydrogen) atoms. The Morgan fingerprint density at radius 3 is 2.07 bits per heavy atom. The van der Waals surface area contributed by atoms with Gasteiger partial charge in [0.15, 0.2) is 0 Å². The molecule has 2 atom stereocenters. The number of methoxy groups -OCH3 is 1. The molecule has 162 valence electrons. The molecule has 1 aliphatic rings. The first-order valence-corrected chi connectivity index (χ1v) is 20.0. The predicted octanol–water partition coefficient (Wildman–Crippen LogP) is 7.73. The van der Waals surface area contributed by atoms with Crippen LogP contribution in [0.5, 0.6) is 0 Å². The van der Waals surface area contributed by atoms with Crippen LogP contribution in [0.1, 0.15) is 71.3 Å². The summed E-state index contributed by atoms with van der Waals surface area (Å²) >= 11 is -2.25. The average Bonchev–Trinajstić information content (AvgIpc) is 3.46. The van der Waals surface area contributed by atoms with E-state index in [-0.39, 0.29) is 11.4 Å². The Balaban J connectivity index is 2.21. The summed E-state index contributed by atoms with van der Waals surface area (Å²) in [7, 11) is 1.55. The Labute approximate surface area is 183 Å². The fourth-order valence-electron chi connectivity index (χ4n) is 4.98.